The second-order valence-corrected chi connectivity index (χ2v) is 9.24. The fourth-order valence-electron chi connectivity index (χ4n) is 4.26. The summed E-state index contributed by atoms with van der Waals surface area (Å²) in [5.74, 6) is 1.75. The summed E-state index contributed by atoms with van der Waals surface area (Å²) in [5.41, 5.74) is 0.659. The smallest absolute Gasteiger partial charge is 0.283 e. The fraction of sp³-hybridized carbons (Fsp3) is 0.435. The molecule has 1 amide bonds. The fourth-order valence-corrected chi connectivity index (χ4v) is 5.42. The number of amides is 1. The van der Waals surface area contributed by atoms with Gasteiger partial charge in [-0.05, 0) is 43.9 Å². The van der Waals surface area contributed by atoms with Gasteiger partial charge in [-0.1, -0.05) is 13.3 Å². The second-order valence-electron chi connectivity index (χ2n) is 8.24. The minimum absolute atomic E-state index is 0.0354. The molecule has 4 aromatic heterocycles. The minimum atomic E-state index is -0.158. The number of thiophene rings is 1. The van der Waals surface area contributed by atoms with Gasteiger partial charge >= 0.3 is 0 Å². The summed E-state index contributed by atoms with van der Waals surface area (Å²) in [6.45, 7) is 5.23. The van der Waals surface area contributed by atoms with Gasteiger partial charge in [0.25, 0.3) is 17.4 Å². The third-order valence-electron chi connectivity index (χ3n) is 5.91. The van der Waals surface area contributed by atoms with Crippen LogP contribution in [0.15, 0.2) is 32.0 Å². The molecule has 33 heavy (non-hydrogen) atoms. The number of furan rings is 1. The first-order valence-corrected chi connectivity index (χ1v) is 12.1. The Morgan fingerprint density at radius 3 is 2.94 bits per heavy atom. The molecule has 0 radical (unpaired) electrons. The van der Waals surface area contributed by atoms with Gasteiger partial charge in [-0.15, -0.1) is 21.5 Å². The molecule has 0 saturated carbocycles. The van der Waals surface area contributed by atoms with Crippen LogP contribution in [-0.2, 0) is 19.5 Å². The zero-order valence-corrected chi connectivity index (χ0v) is 19.5. The number of aryl methyl sites for hydroxylation is 2. The Kier molecular flexibility index (Phi) is 5.84. The quantitative estimate of drug-likeness (QED) is 0.418. The van der Waals surface area contributed by atoms with E-state index in [1.54, 1.807) is 21.6 Å². The van der Waals surface area contributed by atoms with E-state index in [0.717, 1.165) is 37.9 Å². The highest BCUT2D eigenvalue weighted by molar-refractivity contribution is 7.20. The molecule has 0 unspecified atom stereocenters. The molecular weight excluding hydrogens is 442 g/mol. The van der Waals surface area contributed by atoms with Gasteiger partial charge in [0, 0.05) is 19.5 Å². The predicted octanol–water partition coefficient (Wildman–Crippen LogP) is 4.19. The van der Waals surface area contributed by atoms with Crippen molar-refractivity contribution in [3.63, 3.8) is 0 Å². The number of carbonyl (C=O) groups excluding carboxylic acids is 1. The Morgan fingerprint density at radius 1 is 1.27 bits per heavy atom. The molecule has 0 saturated heterocycles. The molecule has 5 heterocycles. The van der Waals surface area contributed by atoms with Gasteiger partial charge in [-0.3, -0.25) is 14.2 Å². The van der Waals surface area contributed by atoms with E-state index in [1.165, 1.54) is 17.6 Å². The minimum Gasteiger partial charge on any atom is -0.459 e. The summed E-state index contributed by atoms with van der Waals surface area (Å²) in [6.07, 6.45) is 6.20. The summed E-state index contributed by atoms with van der Waals surface area (Å²) in [6, 6.07) is 3.48. The highest BCUT2D eigenvalue weighted by Crippen LogP contribution is 2.30. The van der Waals surface area contributed by atoms with Gasteiger partial charge < -0.3 is 13.7 Å². The monoisotopic (exact) mass is 467 g/mol. The number of aromatic nitrogens is 4. The van der Waals surface area contributed by atoms with E-state index in [4.69, 9.17) is 13.8 Å². The first-order chi connectivity index (χ1) is 16.1. The van der Waals surface area contributed by atoms with Gasteiger partial charge in [0.1, 0.15) is 10.7 Å². The average Bonchev–Trinajstić information content (AvgIpc) is 3.51. The van der Waals surface area contributed by atoms with Crippen LogP contribution >= 0.6 is 11.3 Å². The number of rotatable bonds is 6. The Morgan fingerprint density at radius 2 is 2.15 bits per heavy atom. The van der Waals surface area contributed by atoms with Crippen LogP contribution in [0, 0.1) is 6.92 Å². The number of hydrogen-bond acceptors (Lipinski definition) is 8. The normalized spacial score (nSPS) is 13.8. The van der Waals surface area contributed by atoms with Crippen molar-refractivity contribution in [2.45, 2.75) is 59.0 Å². The standard InChI is InChI=1S/C23H25N5O4S/c1-3-10-27(13-17-25-26-20(32-17)15-8-7-12-31-15)23(30)19-14(2)18-21(33-19)24-16-9-5-4-6-11-28(16)22(18)29/h7-8,12H,3-6,9-11,13H2,1-2H3. The largest absolute Gasteiger partial charge is 0.459 e. The molecule has 9 nitrogen and oxygen atoms in total. The molecule has 0 atom stereocenters. The maximum atomic E-state index is 13.5. The zero-order chi connectivity index (χ0) is 22.9. The molecule has 0 aliphatic carbocycles. The van der Waals surface area contributed by atoms with Crippen molar-refractivity contribution >= 4 is 27.5 Å². The lowest BCUT2D eigenvalue weighted by atomic mass is 10.2. The highest BCUT2D eigenvalue weighted by atomic mass is 32.1. The zero-order valence-electron chi connectivity index (χ0n) is 18.7. The third kappa shape index (κ3) is 3.99. The topological polar surface area (TPSA) is 107 Å². The summed E-state index contributed by atoms with van der Waals surface area (Å²) in [5, 5.41) is 8.66. The van der Waals surface area contributed by atoms with Crippen molar-refractivity contribution in [2.75, 3.05) is 6.54 Å². The summed E-state index contributed by atoms with van der Waals surface area (Å²) in [4.78, 5) is 34.4. The molecular formula is C23H25N5O4S. The van der Waals surface area contributed by atoms with Gasteiger partial charge in [0.15, 0.2) is 5.76 Å². The molecule has 0 N–H and O–H groups in total. The molecule has 4 aromatic rings. The molecule has 172 valence electrons. The van der Waals surface area contributed by atoms with Gasteiger partial charge in [-0.25, -0.2) is 4.98 Å². The van der Waals surface area contributed by atoms with Crippen LogP contribution in [0.1, 0.15) is 59.6 Å². The van der Waals surface area contributed by atoms with Crippen LogP contribution in [0.25, 0.3) is 21.9 Å². The predicted molar refractivity (Wildman–Crippen MR) is 123 cm³/mol. The Bertz CT molecular complexity index is 1350. The molecule has 0 fully saturated rings. The molecule has 0 aromatic carbocycles. The Hall–Kier alpha value is -3.27. The van der Waals surface area contributed by atoms with Crippen LogP contribution in [0.4, 0.5) is 0 Å². The van der Waals surface area contributed by atoms with E-state index in [1.807, 2.05) is 13.8 Å². The van der Waals surface area contributed by atoms with E-state index in [0.29, 0.717) is 45.4 Å². The van der Waals surface area contributed by atoms with E-state index >= 15 is 0 Å². The van der Waals surface area contributed by atoms with E-state index < -0.39 is 0 Å². The summed E-state index contributed by atoms with van der Waals surface area (Å²) >= 11 is 1.30. The lowest BCUT2D eigenvalue weighted by Gasteiger charge is -2.19. The Labute approximate surface area is 194 Å². The van der Waals surface area contributed by atoms with Crippen molar-refractivity contribution < 1.29 is 13.6 Å². The summed E-state index contributed by atoms with van der Waals surface area (Å²) in [7, 11) is 0. The van der Waals surface area contributed by atoms with Crippen molar-refractivity contribution in [2.24, 2.45) is 0 Å². The maximum Gasteiger partial charge on any atom is 0.283 e. The van der Waals surface area contributed by atoms with Crippen LogP contribution in [0.5, 0.6) is 0 Å². The summed E-state index contributed by atoms with van der Waals surface area (Å²) < 4.78 is 12.8. The van der Waals surface area contributed by atoms with Crippen molar-refractivity contribution in [1.82, 2.24) is 24.6 Å². The van der Waals surface area contributed by atoms with Gasteiger partial charge in [0.2, 0.25) is 5.89 Å². The van der Waals surface area contributed by atoms with Crippen LogP contribution in [0.2, 0.25) is 0 Å². The second kappa shape index (κ2) is 8.93. The van der Waals surface area contributed by atoms with E-state index in [2.05, 4.69) is 10.2 Å². The van der Waals surface area contributed by atoms with Gasteiger partial charge in [-0.2, -0.15) is 0 Å². The third-order valence-corrected chi connectivity index (χ3v) is 7.09. The average molecular weight is 468 g/mol. The molecule has 0 bridgehead atoms. The lowest BCUT2D eigenvalue weighted by Crippen LogP contribution is -2.31. The lowest BCUT2D eigenvalue weighted by molar-refractivity contribution is 0.0733. The molecule has 1 aliphatic rings. The van der Waals surface area contributed by atoms with Crippen LogP contribution in [0.3, 0.4) is 0 Å². The molecule has 10 heteroatoms. The van der Waals surface area contributed by atoms with E-state index in [-0.39, 0.29) is 23.9 Å². The van der Waals surface area contributed by atoms with Gasteiger partial charge in [0.05, 0.1) is 23.1 Å². The highest BCUT2D eigenvalue weighted by Gasteiger charge is 2.26. The molecule has 5 rings (SSSR count). The Balaban J connectivity index is 1.47. The number of hydrogen-bond donors (Lipinski definition) is 0. The van der Waals surface area contributed by atoms with E-state index in [9.17, 15) is 9.59 Å². The van der Waals surface area contributed by atoms with Crippen molar-refractivity contribution in [3.05, 3.63) is 50.9 Å². The first kappa shape index (κ1) is 21.6. The number of nitrogens with zero attached hydrogens (tertiary/aromatic N) is 5. The molecule has 1 aliphatic heterocycles. The van der Waals surface area contributed by atoms with Crippen molar-refractivity contribution in [3.8, 4) is 11.7 Å². The number of carbonyl (C=O) groups is 1. The molecule has 0 spiro atoms. The maximum absolute atomic E-state index is 13.5. The van der Waals surface area contributed by atoms with Crippen LogP contribution < -0.4 is 5.56 Å². The SMILES string of the molecule is CCCN(Cc1nnc(-c2ccco2)o1)C(=O)c1sc2nc3n(c(=O)c2c1C)CCCCC3. The first-order valence-electron chi connectivity index (χ1n) is 11.2. The van der Waals surface area contributed by atoms with Crippen molar-refractivity contribution in [1.29, 1.82) is 0 Å². The number of fused-ring (bicyclic) bond motifs is 2. The van der Waals surface area contributed by atoms with Crippen LogP contribution in [-0.4, -0.2) is 37.1 Å².